The highest BCUT2D eigenvalue weighted by molar-refractivity contribution is 6.30. The van der Waals surface area contributed by atoms with Gasteiger partial charge in [-0.3, -0.25) is 4.90 Å². The smallest absolute Gasteiger partial charge is 0.330 e. The predicted molar refractivity (Wildman–Crippen MR) is 75.3 cm³/mol. The summed E-state index contributed by atoms with van der Waals surface area (Å²) in [4.78, 5) is 14.5. The van der Waals surface area contributed by atoms with Crippen molar-refractivity contribution in [3.8, 4) is 0 Å². The number of benzene rings is 1. The Hall–Kier alpha value is -1.10. The maximum atomic E-state index is 12.3. The van der Waals surface area contributed by atoms with Crippen LogP contribution in [0.1, 0.15) is 12.5 Å². The lowest BCUT2D eigenvalue weighted by atomic mass is 9.89. The van der Waals surface area contributed by atoms with Crippen molar-refractivity contribution in [1.29, 1.82) is 0 Å². The summed E-state index contributed by atoms with van der Waals surface area (Å²) in [5.41, 5.74) is 0.146. The number of carbonyl (C=O) groups is 1. The van der Waals surface area contributed by atoms with Gasteiger partial charge in [0.25, 0.3) is 0 Å². The van der Waals surface area contributed by atoms with Gasteiger partial charge in [0.15, 0.2) is 0 Å². The van der Waals surface area contributed by atoms with Crippen LogP contribution in [0.25, 0.3) is 0 Å². The molecule has 0 radical (unpaired) electrons. The van der Waals surface area contributed by atoms with Gasteiger partial charge in [-0.2, -0.15) is 0 Å². The quantitative estimate of drug-likeness (QED) is 0.856. The lowest BCUT2D eigenvalue weighted by molar-refractivity contribution is -0.155. The molecule has 104 valence electrons. The standard InChI is InChI=1S/C14H19ClN2O2/c1-14(13(18)19-2,17-9-7-16-8-10-17)11-3-5-12(15)6-4-11/h3-6,16H,7-10H2,1-2H3. The number of ether oxygens (including phenoxy) is 1. The van der Waals surface area contributed by atoms with E-state index in [0.717, 1.165) is 31.7 Å². The number of halogens is 1. The maximum Gasteiger partial charge on any atom is 0.330 e. The second-order valence-corrected chi connectivity index (χ2v) is 5.24. The minimum Gasteiger partial charge on any atom is -0.467 e. The molecule has 1 aliphatic rings. The van der Waals surface area contributed by atoms with E-state index in [0.29, 0.717) is 5.02 Å². The van der Waals surface area contributed by atoms with Gasteiger partial charge in [0.1, 0.15) is 5.54 Å². The van der Waals surface area contributed by atoms with Crippen LogP contribution in [0.2, 0.25) is 5.02 Å². The molecule has 1 unspecified atom stereocenters. The van der Waals surface area contributed by atoms with E-state index in [-0.39, 0.29) is 5.97 Å². The highest BCUT2D eigenvalue weighted by atomic mass is 35.5. The molecule has 1 atom stereocenters. The molecule has 0 amide bonds. The Morgan fingerprint density at radius 1 is 1.32 bits per heavy atom. The van der Waals surface area contributed by atoms with Crippen molar-refractivity contribution in [2.75, 3.05) is 33.3 Å². The monoisotopic (exact) mass is 282 g/mol. The minimum atomic E-state index is -0.762. The predicted octanol–water partition coefficient (Wildman–Crippen LogP) is 1.63. The largest absolute Gasteiger partial charge is 0.467 e. The number of piperazine rings is 1. The van der Waals surface area contributed by atoms with Gasteiger partial charge in [0.05, 0.1) is 7.11 Å². The lowest BCUT2D eigenvalue weighted by Crippen LogP contribution is -2.57. The first-order valence-corrected chi connectivity index (χ1v) is 6.77. The number of hydrogen-bond acceptors (Lipinski definition) is 4. The number of rotatable bonds is 3. The normalized spacial score (nSPS) is 19.7. The Morgan fingerprint density at radius 2 is 1.89 bits per heavy atom. The summed E-state index contributed by atoms with van der Waals surface area (Å²) in [6.07, 6.45) is 0. The number of esters is 1. The highest BCUT2D eigenvalue weighted by Crippen LogP contribution is 2.31. The molecule has 1 heterocycles. The number of carbonyl (C=O) groups excluding carboxylic acids is 1. The lowest BCUT2D eigenvalue weighted by Gasteiger charge is -2.41. The molecule has 0 aromatic heterocycles. The minimum absolute atomic E-state index is 0.239. The van der Waals surface area contributed by atoms with Crippen LogP contribution in [0.5, 0.6) is 0 Å². The number of hydrogen-bond donors (Lipinski definition) is 1. The molecule has 0 bridgehead atoms. The molecule has 1 aromatic rings. The van der Waals surface area contributed by atoms with Crippen molar-refractivity contribution < 1.29 is 9.53 Å². The molecule has 19 heavy (non-hydrogen) atoms. The zero-order valence-corrected chi connectivity index (χ0v) is 12.0. The highest BCUT2D eigenvalue weighted by Gasteiger charge is 2.42. The van der Waals surface area contributed by atoms with Gasteiger partial charge in [0.2, 0.25) is 0 Å². The molecule has 1 N–H and O–H groups in total. The van der Waals surface area contributed by atoms with Gasteiger partial charge in [-0.15, -0.1) is 0 Å². The van der Waals surface area contributed by atoms with Gasteiger partial charge >= 0.3 is 5.97 Å². The Labute approximate surface area is 118 Å². The molecule has 4 nitrogen and oxygen atoms in total. The zero-order chi connectivity index (χ0) is 13.9. The third-order valence-electron chi connectivity index (χ3n) is 3.74. The van der Waals surface area contributed by atoms with Crippen LogP contribution in [0.3, 0.4) is 0 Å². The second kappa shape index (κ2) is 5.90. The molecule has 5 heteroatoms. The van der Waals surface area contributed by atoms with Crippen LogP contribution < -0.4 is 5.32 Å². The van der Waals surface area contributed by atoms with Crippen molar-refractivity contribution in [2.24, 2.45) is 0 Å². The fraction of sp³-hybridized carbons (Fsp3) is 0.500. The van der Waals surface area contributed by atoms with E-state index in [4.69, 9.17) is 16.3 Å². The van der Waals surface area contributed by atoms with Gasteiger partial charge in [-0.05, 0) is 24.6 Å². The third-order valence-corrected chi connectivity index (χ3v) is 3.99. The summed E-state index contributed by atoms with van der Waals surface area (Å²) in [5, 5.41) is 3.95. The Balaban J connectivity index is 2.38. The fourth-order valence-corrected chi connectivity index (χ4v) is 2.64. The van der Waals surface area contributed by atoms with Gasteiger partial charge in [-0.25, -0.2) is 4.79 Å². The average molecular weight is 283 g/mol. The first kappa shape index (κ1) is 14.3. The van der Waals surface area contributed by atoms with Crippen LogP contribution in [0, 0.1) is 0 Å². The van der Waals surface area contributed by atoms with Gasteiger partial charge < -0.3 is 10.1 Å². The van der Waals surface area contributed by atoms with Crippen LogP contribution in [-0.4, -0.2) is 44.2 Å². The van der Waals surface area contributed by atoms with E-state index in [1.54, 1.807) is 12.1 Å². The van der Waals surface area contributed by atoms with Crippen molar-refractivity contribution in [3.05, 3.63) is 34.9 Å². The van der Waals surface area contributed by atoms with Crippen molar-refractivity contribution in [2.45, 2.75) is 12.5 Å². The van der Waals surface area contributed by atoms with Crippen LogP contribution >= 0.6 is 11.6 Å². The zero-order valence-electron chi connectivity index (χ0n) is 11.3. The van der Waals surface area contributed by atoms with E-state index in [1.807, 2.05) is 19.1 Å². The number of nitrogens with zero attached hydrogens (tertiary/aromatic N) is 1. The molecular weight excluding hydrogens is 264 g/mol. The molecule has 0 aliphatic carbocycles. The van der Waals surface area contributed by atoms with Crippen molar-refractivity contribution in [1.82, 2.24) is 10.2 Å². The van der Waals surface area contributed by atoms with E-state index >= 15 is 0 Å². The molecular formula is C14H19ClN2O2. The Morgan fingerprint density at radius 3 is 2.42 bits per heavy atom. The topological polar surface area (TPSA) is 41.6 Å². The summed E-state index contributed by atoms with van der Waals surface area (Å²) < 4.78 is 5.02. The average Bonchev–Trinajstić information content (AvgIpc) is 2.47. The van der Waals surface area contributed by atoms with Crippen LogP contribution in [-0.2, 0) is 15.1 Å². The van der Waals surface area contributed by atoms with E-state index < -0.39 is 5.54 Å². The van der Waals surface area contributed by atoms with Crippen molar-refractivity contribution >= 4 is 17.6 Å². The molecule has 1 saturated heterocycles. The molecule has 2 rings (SSSR count). The first-order valence-electron chi connectivity index (χ1n) is 6.39. The summed E-state index contributed by atoms with van der Waals surface area (Å²) in [7, 11) is 1.43. The summed E-state index contributed by atoms with van der Waals surface area (Å²) in [6.45, 7) is 5.29. The van der Waals surface area contributed by atoms with Crippen LogP contribution in [0.4, 0.5) is 0 Å². The van der Waals surface area contributed by atoms with E-state index in [1.165, 1.54) is 7.11 Å². The SMILES string of the molecule is COC(=O)C(C)(c1ccc(Cl)cc1)N1CCNCC1. The molecule has 1 fully saturated rings. The summed E-state index contributed by atoms with van der Waals surface area (Å²) in [5.74, 6) is -0.239. The first-order chi connectivity index (χ1) is 9.09. The molecule has 0 spiro atoms. The molecule has 1 aliphatic heterocycles. The second-order valence-electron chi connectivity index (χ2n) is 4.81. The summed E-state index contributed by atoms with van der Waals surface area (Å²) in [6, 6.07) is 7.39. The molecule has 1 aromatic carbocycles. The Bertz CT molecular complexity index is 443. The van der Waals surface area contributed by atoms with Gasteiger partial charge in [-0.1, -0.05) is 23.7 Å². The van der Waals surface area contributed by atoms with E-state index in [2.05, 4.69) is 10.2 Å². The fourth-order valence-electron chi connectivity index (χ4n) is 2.51. The maximum absolute atomic E-state index is 12.3. The number of nitrogens with one attached hydrogen (secondary N) is 1. The third kappa shape index (κ3) is 2.76. The summed E-state index contributed by atoms with van der Waals surface area (Å²) >= 11 is 5.92. The van der Waals surface area contributed by atoms with Crippen LogP contribution in [0.15, 0.2) is 24.3 Å². The van der Waals surface area contributed by atoms with Crippen molar-refractivity contribution in [3.63, 3.8) is 0 Å². The van der Waals surface area contributed by atoms with Gasteiger partial charge in [0, 0.05) is 31.2 Å². The molecule has 0 saturated carbocycles. The number of methoxy groups -OCH3 is 1. The Kier molecular flexibility index (Phi) is 4.45. The van der Waals surface area contributed by atoms with E-state index in [9.17, 15) is 4.79 Å².